The van der Waals surface area contributed by atoms with Crippen LogP contribution in [0.25, 0.3) is 0 Å². The average Bonchev–Trinajstić information content (AvgIpc) is 3.54. The first-order valence-corrected chi connectivity index (χ1v) is 10.6. The molecule has 0 unspecified atom stereocenters. The fourth-order valence-corrected chi connectivity index (χ4v) is 3.45. The predicted molar refractivity (Wildman–Crippen MR) is 126 cm³/mol. The molecule has 1 aliphatic carbocycles. The van der Waals surface area contributed by atoms with Crippen LogP contribution in [0.2, 0.25) is 0 Å². The molecule has 6 nitrogen and oxygen atoms in total. The van der Waals surface area contributed by atoms with Crippen molar-refractivity contribution in [1.82, 2.24) is 0 Å². The van der Waals surface area contributed by atoms with Crippen LogP contribution in [0.1, 0.15) is 39.6 Å². The van der Waals surface area contributed by atoms with Crippen molar-refractivity contribution in [2.24, 2.45) is 11.8 Å². The maximum absolute atomic E-state index is 12.7. The fraction of sp³-hybridized carbons (Fsp3) is 0.192. The summed E-state index contributed by atoms with van der Waals surface area (Å²) in [4.78, 5) is 37.2. The average molecular weight is 428 g/mol. The van der Waals surface area contributed by atoms with E-state index >= 15 is 0 Å². The molecule has 0 spiro atoms. The van der Waals surface area contributed by atoms with Gasteiger partial charge >= 0.3 is 0 Å². The first kappa shape index (κ1) is 21.3. The van der Waals surface area contributed by atoms with Crippen LogP contribution in [0.5, 0.6) is 0 Å². The molecule has 4 rings (SSSR count). The highest BCUT2D eigenvalue weighted by molar-refractivity contribution is 6.07. The topological polar surface area (TPSA) is 87.3 Å². The third-order valence-corrected chi connectivity index (χ3v) is 5.64. The molecule has 0 bridgehead atoms. The van der Waals surface area contributed by atoms with Gasteiger partial charge in [-0.1, -0.05) is 31.2 Å². The molecule has 0 saturated heterocycles. The van der Waals surface area contributed by atoms with Gasteiger partial charge in [-0.25, -0.2) is 0 Å². The number of nitrogens with one attached hydrogen (secondary N) is 3. The van der Waals surface area contributed by atoms with Gasteiger partial charge in [0.25, 0.3) is 11.8 Å². The van der Waals surface area contributed by atoms with E-state index in [-0.39, 0.29) is 23.6 Å². The molecule has 0 aliphatic heterocycles. The van der Waals surface area contributed by atoms with Gasteiger partial charge in [-0.15, -0.1) is 0 Å². The maximum Gasteiger partial charge on any atom is 0.255 e. The summed E-state index contributed by atoms with van der Waals surface area (Å²) >= 11 is 0. The van der Waals surface area contributed by atoms with Gasteiger partial charge in [-0.2, -0.15) is 0 Å². The Labute approximate surface area is 187 Å². The summed E-state index contributed by atoms with van der Waals surface area (Å²) in [5, 5.41) is 8.64. The molecule has 1 fully saturated rings. The van der Waals surface area contributed by atoms with Crippen molar-refractivity contribution in [1.29, 1.82) is 0 Å². The molecule has 2 atom stereocenters. The minimum Gasteiger partial charge on any atom is -0.326 e. The van der Waals surface area contributed by atoms with Crippen molar-refractivity contribution >= 4 is 34.8 Å². The summed E-state index contributed by atoms with van der Waals surface area (Å²) in [6.45, 7) is 3.94. The van der Waals surface area contributed by atoms with E-state index in [1.807, 2.05) is 19.1 Å². The lowest BCUT2D eigenvalue weighted by Gasteiger charge is -2.12. The summed E-state index contributed by atoms with van der Waals surface area (Å²) in [5.74, 6) is 0.0742. The highest BCUT2D eigenvalue weighted by atomic mass is 16.2. The molecule has 1 aliphatic rings. The molecular weight excluding hydrogens is 402 g/mol. The number of amides is 3. The van der Waals surface area contributed by atoms with E-state index in [4.69, 9.17) is 0 Å². The third-order valence-electron chi connectivity index (χ3n) is 5.64. The highest BCUT2D eigenvalue weighted by Gasteiger charge is 2.39. The Morgan fingerprint density at radius 2 is 1.34 bits per heavy atom. The molecule has 3 N–H and O–H groups in total. The second kappa shape index (κ2) is 9.06. The van der Waals surface area contributed by atoms with Gasteiger partial charge in [0.15, 0.2) is 0 Å². The molecule has 6 heteroatoms. The van der Waals surface area contributed by atoms with Gasteiger partial charge in [-0.3, -0.25) is 14.4 Å². The monoisotopic (exact) mass is 427 g/mol. The van der Waals surface area contributed by atoms with Crippen LogP contribution in [-0.4, -0.2) is 17.7 Å². The Balaban J connectivity index is 1.40. The largest absolute Gasteiger partial charge is 0.326 e. The number of hydrogen-bond acceptors (Lipinski definition) is 3. The molecule has 3 aromatic rings. The first-order chi connectivity index (χ1) is 15.4. The summed E-state index contributed by atoms with van der Waals surface area (Å²) < 4.78 is 0. The summed E-state index contributed by atoms with van der Waals surface area (Å²) in [6.07, 6.45) is 0.927. The fourth-order valence-electron chi connectivity index (χ4n) is 3.45. The zero-order chi connectivity index (χ0) is 22.7. The van der Waals surface area contributed by atoms with Crippen LogP contribution in [0.3, 0.4) is 0 Å². The zero-order valence-electron chi connectivity index (χ0n) is 18.0. The number of carbonyl (C=O) groups excluding carboxylic acids is 3. The minimum atomic E-state index is -0.270. The summed E-state index contributed by atoms with van der Waals surface area (Å²) in [5.41, 5.74) is 3.78. The van der Waals surface area contributed by atoms with E-state index in [0.717, 1.165) is 12.0 Å². The molecule has 0 heterocycles. The standard InChI is InChI=1S/C26H25N3O3/c1-16-8-11-21(28-24(30)18-6-4-3-5-7-18)15-23(16)29-25(31)19-9-12-20(13-10-19)27-26(32)22-14-17(22)2/h3-13,15,17,22H,14H2,1-2H3,(H,27,32)(H,28,30)(H,29,31)/t17-,22-/m0/s1. The second-order valence-corrected chi connectivity index (χ2v) is 8.19. The molecule has 3 amide bonds. The van der Waals surface area contributed by atoms with Gasteiger partial charge in [0, 0.05) is 34.1 Å². The lowest BCUT2D eigenvalue weighted by molar-refractivity contribution is -0.117. The van der Waals surface area contributed by atoms with E-state index in [1.54, 1.807) is 60.7 Å². The van der Waals surface area contributed by atoms with Crippen LogP contribution in [0.4, 0.5) is 17.1 Å². The zero-order valence-corrected chi connectivity index (χ0v) is 18.0. The Morgan fingerprint density at radius 1 is 0.750 bits per heavy atom. The lowest BCUT2D eigenvalue weighted by atomic mass is 10.1. The summed E-state index contributed by atoms with van der Waals surface area (Å²) in [7, 11) is 0. The van der Waals surface area contributed by atoms with Crippen LogP contribution in [0.15, 0.2) is 72.8 Å². The van der Waals surface area contributed by atoms with Gasteiger partial charge in [0.1, 0.15) is 0 Å². The molecule has 3 aromatic carbocycles. The van der Waals surface area contributed by atoms with E-state index < -0.39 is 0 Å². The van der Waals surface area contributed by atoms with Crippen LogP contribution >= 0.6 is 0 Å². The molecule has 0 radical (unpaired) electrons. The molecule has 32 heavy (non-hydrogen) atoms. The van der Waals surface area contributed by atoms with Gasteiger partial charge in [0.2, 0.25) is 5.91 Å². The smallest absolute Gasteiger partial charge is 0.255 e. The number of aryl methyl sites for hydroxylation is 1. The van der Waals surface area contributed by atoms with Crippen molar-refractivity contribution in [3.8, 4) is 0 Å². The van der Waals surface area contributed by atoms with Crippen molar-refractivity contribution in [3.05, 3.63) is 89.5 Å². The molecule has 162 valence electrons. The van der Waals surface area contributed by atoms with E-state index in [1.165, 1.54) is 0 Å². The van der Waals surface area contributed by atoms with Crippen molar-refractivity contribution in [2.45, 2.75) is 20.3 Å². The van der Waals surface area contributed by atoms with Gasteiger partial charge < -0.3 is 16.0 Å². The van der Waals surface area contributed by atoms with E-state index in [0.29, 0.717) is 34.1 Å². The first-order valence-electron chi connectivity index (χ1n) is 10.6. The second-order valence-electron chi connectivity index (χ2n) is 8.19. The van der Waals surface area contributed by atoms with Crippen molar-refractivity contribution in [3.63, 3.8) is 0 Å². The number of rotatable bonds is 6. The van der Waals surface area contributed by atoms with E-state index in [9.17, 15) is 14.4 Å². The molecule has 0 aromatic heterocycles. The van der Waals surface area contributed by atoms with Gasteiger partial charge in [-0.05, 0) is 73.4 Å². The van der Waals surface area contributed by atoms with Crippen molar-refractivity contribution < 1.29 is 14.4 Å². The minimum absolute atomic E-state index is 0.0275. The van der Waals surface area contributed by atoms with Crippen molar-refractivity contribution in [2.75, 3.05) is 16.0 Å². The number of hydrogen-bond donors (Lipinski definition) is 3. The van der Waals surface area contributed by atoms with Crippen LogP contribution < -0.4 is 16.0 Å². The number of benzene rings is 3. The van der Waals surface area contributed by atoms with E-state index in [2.05, 4.69) is 22.9 Å². The van der Waals surface area contributed by atoms with Crippen LogP contribution in [-0.2, 0) is 4.79 Å². The highest BCUT2D eigenvalue weighted by Crippen LogP contribution is 2.38. The quantitative estimate of drug-likeness (QED) is 0.512. The normalized spacial score (nSPS) is 16.7. The SMILES string of the molecule is Cc1ccc(NC(=O)c2ccccc2)cc1NC(=O)c1ccc(NC(=O)[C@H]2C[C@@H]2C)cc1. The Morgan fingerprint density at radius 3 is 2.00 bits per heavy atom. The van der Waals surface area contributed by atoms with Gasteiger partial charge in [0.05, 0.1) is 0 Å². The lowest BCUT2D eigenvalue weighted by Crippen LogP contribution is -2.16. The number of anilines is 3. The maximum atomic E-state index is 12.7. The Bertz CT molecular complexity index is 1160. The Hall–Kier alpha value is -3.93. The molecular formula is C26H25N3O3. The third kappa shape index (κ3) is 5.03. The summed E-state index contributed by atoms with van der Waals surface area (Å²) in [6, 6.07) is 21.1. The Kier molecular flexibility index (Phi) is 6.03. The van der Waals surface area contributed by atoms with Crippen LogP contribution in [0, 0.1) is 18.8 Å². The number of carbonyl (C=O) groups is 3. The predicted octanol–water partition coefficient (Wildman–Crippen LogP) is 5.09. The molecule has 1 saturated carbocycles.